The number of nitrogens with zero attached hydrogens (tertiary/aromatic N) is 2. The second-order valence-electron chi connectivity index (χ2n) is 6.09. The van der Waals surface area contributed by atoms with Crippen molar-refractivity contribution >= 4 is 23.2 Å². The molecule has 0 bridgehead atoms. The highest BCUT2D eigenvalue weighted by atomic mass is 35.5. The number of benzene rings is 1. The first-order chi connectivity index (χ1) is 11.6. The fraction of sp³-hybridized carbons (Fsp3) is 0.444. The van der Waals surface area contributed by atoms with Gasteiger partial charge in [-0.1, -0.05) is 18.5 Å². The number of hydrogen-bond acceptors (Lipinski definition) is 5. The van der Waals surface area contributed by atoms with Crippen molar-refractivity contribution in [2.24, 2.45) is 0 Å². The molecule has 1 aliphatic heterocycles. The van der Waals surface area contributed by atoms with E-state index in [2.05, 4.69) is 39.7 Å². The van der Waals surface area contributed by atoms with Crippen LogP contribution in [0.4, 0.5) is 11.6 Å². The molecular weight excluding hydrogens is 324 g/mol. The minimum Gasteiger partial charge on any atom is -0.497 e. The maximum atomic E-state index is 6.09. The third kappa shape index (κ3) is 3.56. The molecule has 6 heteroatoms. The number of aryl methyl sites for hydroxylation is 2. The highest BCUT2D eigenvalue weighted by Gasteiger charge is 2.23. The molecule has 0 spiro atoms. The maximum Gasteiger partial charge on any atom is 0.223 e. The first-order valence-corrected chi connectivity index (χ1v) is 8.70. The van der Waals surface area contributed by atoms with Crippen molar-refractivity contribution in [3.8, 4) is 5.75 Å². The molecule has 0 amide bonds. The van der Waals surface area contributed by atoms with Crippen molar-refractivity contribution in [3.05, 3.63) is 40.7 Å². The van der Waals surface area contributed by atoms with Crippen LogP contribution in [0.5, 0.6) is 5.75 Å². The fourth-order valence-corrected chi connectivity index (χ4v) is 3.25. The maximum absolute atomic E-state index is 6.09. The summed E-state index contributed by atoms with van der Waals surface area (Å²) < 4.78 is 5.30. The molecule has 0 fully saturated rings. The van der Waals surface area contributed by atoms with Crippen LogP contribution in [-0.4, -0.2) is 29.2 Å². The summed E-state index contributed by atoms with van der Waals surface area (Å²) in [6.45, 7) is 4.19. The highest BCUT2D eigenvalue weighted by Crippen LogP contribution is 2.29. The monoisotopic (exact) mass is 346 g/mol. The van der Waals surface area contributed by atoms with Crippen LogP contribution in [0.25, 0.3) is 0 Å². The zero-order valence-electron chi connectivity index (χ0n) is 14.3. The van der Waals surface area contributed by atoms with E-state index in [1.807, 2.05) is 13.0 Å². The van der Waals surface area contributed by atoms with Gasteiger partial charge in [-0.15, -0.1) is 0 Å². The molecule has 1 aliphatic rings. The average Bonchev–Trinajstić information content (AvgIpc) is 2.62. The number of methoxy groups -OCH3 is 1. The Bertz CT molecular complexity index is 722. The summed E-state index contributed by atoms with van der Waals surface area (Å²) in [6.07, 6.45) is 4.53. The van der Waals surface area contributed by atoms with Gasteiger partial charge in [0.15, 0.2) is 0 Å². The lowest BCUT2D eigenvalue weighted by Gasteiger charge is -2.32. The summed E-state index contributed by atoms with van der Waals surface area (Å²) >= 11 is 6.09. The molecule has 2 aromatic rings. The smallest absolute Gasteiger partial charge is 0.223 e. The van der Waals surface area contributed by atoms with Gasteiger partial charge in [-0.3, -0.25) is 0 Å². The second kappa shape index (κ2) is 7.26. The van der Waals surface area contributed by atoms with Gasteiger partial charge in [0, 0.05) is 17.8 Å². The molecule has 0 saturated heterocycles. The summed E-state index contributed by atoms with van der Waals surface area (Å²) in [5.74, 6) is 1.54. The number of anilines is 2. The standard InChI is InChI=1S/C18H23ClN4O/c1-4-15-14(19)10-20-18(23-15)21-11(2)16-7-5-12-9-13(24-3)6-8-17(12)22-16/h6,8-11,16,22H,4-5,7H2,1-3H3,(H,20,21,23). The molecule has 0 radical (unpaired) electrons. The molecule has 3 rings (SSSR count). The molecule has 0 saturated carbocycles. The number of halogens is 1. The van der Waals surface area contributed by atoms with Gasteiger partial charge < -0.3 is 15.4 Å². The molecule has 1 aromatic carbocycles. The van der Waals surface area contributed by atoms with Crippen LogP contribution in [0.3, 0.4) is 0 Å². The molecule has 2 unspecified atom stereocenters. The zero-order chi connectivity index (χ0) is 17.1. The van der Waals surface area contributed by atoms with Crippen molar-refractivity contribution in [2.75, 3.05) is 17.7 Å². The second-order valence-corrected chi connectivity index (χ2v) is 6.49. The Hall–Kier alpha value is -2.01. The number of ether oxygens (including phenoxy) is 1. The van der Waals surface area contributed by atoms with Crippen LogP contribution in [0, 0.1) is 0 Å². The molecule has 24 heavy (non-hydrogen) atoms. The van der Waals surface area contributed by atoms with E-state index in [1.165, 1.54) is 11.3 Å². The van der Waals surface area contributed by atoms with E-state index >= 15 is 0 Å². The van der Waals surface area contributed by atoms with Gasteiger partial charge in [-0.2, -0.15) is 0 Å². The fourth-order valence-electron chi connectivity index (χ4n) is 3.03. The lowest BCUT2D eigenvalue weighted by atomic mass is 9.94. The quantitative estimate of drug-likeness (QED) is 0.859. The Balaban J connectivity index is 1.69. The van der Waals surface area contributed by atoms with Gasteiger partial charge in [-0.25, -0.2) is 9.97 Å². The number of hydrogen-bond donors (Lipinski definition) is 2. The van der Waals surface area contributed by atoms with Crippen LogP contribution >= 0.6 is 11.6 Å². The summed E-state index contributed by atoms with van der Waals surface area (Å²) in [6, 6.07) is 6.69. The average molecular weight is 347 g/mol. The number of nitrogens with one attached hydrogen (secondary N) is 2. The first kappa shape index (κ1) is 16.8. The van der Waals surface area contributed by atoms with E-state index in [1.54, 1.807) is 13.3 Å². The van der Waals surface area contributed by atoms with Crippen LogP contribution in [0.15, 0.2) is 24.4 Å². The predicted molar refractivity (Wildman–Crippen MR) is 98.2 cm³/mol. The van der Waals surface area contributed by atoms with Crippen LogP contribution in [0.2, 0.25) is 5.02 Å². The Morgan fingerprint density at radius 2 is 2.29 bits per heavy atom. The van der Waals surface area contributed by atoms with Gasteiger partial charge in [0.25, 0.3) is 0 Å². The summed E-state index contributed by atoms with van der Waals surface area (Å²) in [7, 11) is 1.70. The molecular formula is C18H23ClN4O. The van der Waals surface area contributed by atoms with Crippen molar-refractivity contribution in [1.29, 1.82) is 0 Å². The lowest BCUT2D eigenvalue weighted by Crippen LogP contribution is -2.40. The zero-order valence-corrected chi connectivity index (χ0v) is 15.0. The Kier molecular flexibility index (Phi) is 5.09. The third-order valence-electron chi connectivity index (χ3n) is 4.49. The van der Waals surface area contributed by atoms with Gasteiger partial charge in [0.05, 0.1) is 24.0 Å². The Labute approximate surface area is 147 Å². The van der Waals surface area contributed by atoms with E-state index < -0.39 is 0 Å². The SMILES string of the molecule is CCc1nc(NC(C)C2CCc3cc(OC)ccc3N2)ncc1Cl. The molecule has 2 atom stereocenters. The van der Waals surface area contributed by atoms with Crippen LogP contribution < -0.4 is 15.4 Å². The van der Waals surface area contributed by atoms with E-state index in [4.69, 9.17) is 16.3 Å². The number of aromatic nitrogens is 2. The largest absolute Gasteiger partial charge is 0.497 e. The van der Waals surface area contributed by atoms with E-state index in [-0.39, 0.29) is 6.04 Å². The molecule has 2 heterocycles. The topological polar surface area (TPSA) is 59.1 Å². The van der Waals surface area contributed by atoms with Crippen molar-refractivity contribution in [1.82, 2.24) is 9.97 Å². The number of rotatable bonds is 5. The van der Waals surface area contributed by atoms with Crippen LogP contribution in [0.1, 0.15) is 31.5 Å². The lowest BCUT2D eigenvalue weighted by molar-refractivity contribution is 0.414. The minimum atomic E-state index is 0.200. The van der Waals surface area contributed by atoms with E-state index in [0.717, 1.165) is 30.7 Å². The van der Waals surface area contributed by atoms with E-state index in [9.17, 15) is 0 Å². The minimum absolute atomic E-state index is 0.200. The van der Waals surface area contributed by atoms with Crippen molar-refractivity contribution in [2.45, 2.75) is 45.2 Å². The van der Waals surface area contributed by atoms with Gasteiger partial charge in [0.2, 0.25) is 5.95 Å². The number of fused-ring (bicyclic) bond motifs is 1. The third-order valence-corrected chi connectivity index (χ3v) is 4.81. The van der Waals surface area contributed by atoms with Gasteiger partial charge >= 0.3 is 0 Å². The molecule has 5 nitrogen and oxygen atoms in total. The highest BCUT2D eigenvalue weighted by molar-refractivity contribution is 6.31. The van der Waals surface area contributed by atoms with E-state index in [0.29, 0.717) is 17.0 Å². The summed E-state index contributed by atoms with van der Waals surface area (Å²) in [5, 5.41) is 7.63. The van der Waals surface area contributed by atoms with Crippen molar-refractivity contribution in [3.63, 3.8) is 0 Å². The van der Waals surface area contributed by atoms with Crippen LogP contribution in [-0.2, 0) is 12.8 Å². The Morgan fingerprint density at radius 1 is 1.46 bits per heavy atom. The first-order valence-electron chi connectivity index (χ1n) is 8.32. The van der Waals surface area contributed by atoms with Crippen molar-refractivity contribution < 1.29 is 4.74 Å². The van der Waals surface area contributed by atoms with Gasteiger partial charge in [0.1, 0.15) is 5.75 Å². The Morgan fingerprint density at radius 3 is 3.04 bits per heavy atom. The van der Waals surface area contributed by atoms with Gasteiger partial charge in [-0.05, 0) is 49.9 Å². The molecule has 128 valence electrons. The molecule has 0 aliphatic carbocycles. The summed E-state index contributed by atoms with van der Waals surface area (Å²) in [4.78, 5) is 8.78. The predicted octanol–water partition coefficient (Wildman–Crippen LogP) is 3.93. The molecule has 2 N–H and O–H groups in total. The summed E-state index contributed by atoms with van der Waals surface area (Å²) in [5.41, 5.74) is 3.34. The normalized spacial score (nSPS) is 17.6. The molecule has 1 aromatic heterocycles.